The van der Waals surface area contributed by atoms with Crippen LogP contribution >= 0.6 is 0 Å². The van der Waals surface area contributed by atoms with Crippen LogP contribution in [0.2, 0.25) is 0 Å². The summed E-state index contributed by atoms with van der Waals surface area (Å²) in [6, 6.07) is 20.8. The van der Waals surface area contributed by atoms with Gasteiger partial charge in [-0.2, -0.15) is 5.10 Å². The van der Waals surface area contributed by atoms with Gasteiger partial charge in [0.25, 0.3) is 0 Å². The van der Waals surface area contributed by atoms with E-state index in [1.165, 1.54) is 31.5 Å². The maximum atomic E-state index is 14.0. The molecule has 3 saturated heterocycles. The van der Waals surface area contributed by atoms with Crippen molar-refractivity contribution in [1.82, 2.24) is 9.78 Å². The van der Waals surface area contributed by atoms with E-state index < -0.39 is 5.41 Å². The minimum Gasteiger partial charge on any atom is -1.00 e. The van der Waals surface area contributed by atoms with Gasteiger partial charge in [0.2, 0.25) is 0 Å². The number of piperidine rings is 3. The van der Waals surface area contributed by atoms with Crippen molar-refractivity contribution in [1.29, 1.82) is 0 Å². The van der Waals surface area contributed by atoms with Crippen molar-refractivity contribution in [2.75, 3.05) is 19.6 Å². The summed E-state index contributed by atoms with van der Waals surface area (Å²) in [7, 11) is 0. The van der Waals surface area contributed by atoms with Crippen molar-refractivity contribution in [3.63, 3.8) is 0 Å². The highest BCUT2D eigenvalue weighted by atomic mass is 35.5. The molecule has 0 amide bonds. The summed E-state index contributed by atoms with van der Waals surface area (Å²) in [6.45, 7) is 4.22. The summed E-state index contributed by atoms with van der Waals surface area (Å²) in [5.41, 5.74) is 3.01. The zero-order chi connectivity index (χ0) is 24.4. The quantitative estimate of drug-likeness (QED) is 0.286. The van der Waals surface area contributed by atoms with Gasteiger partial charge in [0.1, 0.15) is 13.1 Å². The lowest BCUT2D eigenvalue weighted by molar-refractivity contribution is -0.958. The molecule has 2 aromatic carbocycles. The highest BCUT2D eigenvalue weighted by Crippen LogP contribution is 2.42. The average Bonchev–Trinajstić information content (AvgIpc) is 3.23. The summed E-state index contributed by atoms with van der Waals surface area (Å²) < 4.78 is 9.52. The largest absolute Gasteiger partial charge is 1.00 e. The van der Waals surface area contributed by atoms with Crippen LogP contribution in [0.15, 0.2) is 73.1 Å². The molecule has 4 fully saturated rings. The molecule has 6 heteroatoms. The molecule has 1 atom stereocenters. The standard InChI is InChI=1S/C31H38N3O2.ClH/c35-30(31(17-9-1-2-10-18-31)27-11-5-3-6-12-27)36-29-24-34(19-15-26(29)16-20-34)23-25-21-32-33(22-25)28-13-7-4-8-14-28;/h3-8,11-14,21-22,26,29H,1-2,9-10,15-20,23-24H2;1H/q+1;/p-1/t26?,29-,34?;/m0./s1. The predicted octanol–water partition coefficient (Wildman–Crippen LogP) is 2.82. The lowest BCUT2D eigenvalue weighted by Crippen LogP contribution is -3.00. The third kappa shape index (κ3) is 5.21. The Morgan fingerprint density at radius 1 is 0.946 bits per heavy atom. The lowest BCUT2D eigenvalue weighted by atomic mass is 9.74. The van der Waals surface area contributed by atoms with Gasteiger partial charge in [-0.3, -0.25) is 4.79 Å². The fraction of sp³-hybridized carbons (Fsp3) is 0.484. The minimum atomic E-state index is -0.481. The number of benzene rings is 2. The summed E-state index contributed by atoms with van der Waals surface area (Å²) in [4.78, 5) is 14.0. The van der Waals surface area contributed by atoms with Crippen molar-refractivity contribution in [2.24, 2.45) is 5.92 Å². The Labute approximate surface area is 226 Å². The minimum absolute atomic E-state index is 0. The first kappa shape index (κ1) is 26.0. The highest BCUT2D eigenvalue weighted by molar-refractivity contribution is 5.83. The van der Waals surface area contributed by atoms with Gasteiger partial charge in [-0.05, 0) is 30.5 Å². The summed E-state index contributed by atoms with van der Waals surface area (Å²) in [6.07, 6.45) is 12.9. The number of halogens is 1. The molecule has 4 aliphatic rings. The fourth-order valence-electron chi connectivity index (χ4n) is 7.08. The Kier molecular flexibility index (Phi) is 7.73. The number of para-hydroxylation sites is 1. The van der Waals surface area contributed by atoms with Gasteiger partial charge in [0.05, 0.1) is 30.4 Å². The number of hydrogen-bond acceptors (Lipinski definition) is 3. The van der Waals surface area contributed by atoms with E-state index in [0.717, 1.165) is 67.3 Å². The monoisotopic (exact) mass is 519 g/mol. The average molecular weight is 520 g/mol. The first-order valence-electron chi connectivity index (χ1n) is 13.9. The van der Waals surface area contributed by atoms with Gasteiger partial charge in [-0.1, -0.05) is 74.2 Å². The topological polar surface area (TPSA) is 44.1 Å². The van der Waals surface area contributed by atoms with E-state index in [0.29, 0.717) is 5.92 Å². The SMILES string of the molecule is O=C(O[C@H]1C[N+]2(Cc3cnn(-c4ccccc4)c3)CCC1CC2)C1(c2ccccc2)CCCCCC1.[Cl-]. The molecule has 3 aliphatic heterocycles. The third-order valence-electron chi connectivity index (χ3n) is 9.15. The molecule has 3 aromatic rings. The van der Waals surface area contributed by atoms with Gasteiger partial charge in [-0.25, -0.2) is 4.68 Å². The molecule has 0 N–H and O–H groups in total. The first-order chi connectivity index (χ1) is 17.7. The Bertz CT molecular complexity index is 1160. The normalized spacial score (nSPS) is 26.6. The Balaban J connectivity index is 0.00000280. The van der Waals surface area contributed by atoms with Crippen molar-refractivity contribution in [3.8, 4) is 5.69 Å². The smallest absolute Gasteiger partial charge is 0.317 e. The number of hydrogen-bond donors (Lipinski definition) is 0. The van der Waals surface area contributed by atoms with Crippen molar-refractivity contribution < 1.29 is 26.4 Å². The molecule has 37 heavy (non-hydrogen) atoms. The number of fused-ring (bicyclic) bond motifs is 3. The molecule has 0 radical (unpaired) electrons. The number of quaternary nitrogens is 1. The number of carbonyl (C=O) groups is 1. The van der Waals surface area contributed by atoms with Crippen molar-refractivity contribution in [2.45, 2.75) is 69.4 Å². The predicted molar refractivity (Wildman–Crippen MR) is 141 cm³/mol. The van der Waals surface area contributed by atoms with Gasteiger partial charge in [-0.15, -0.1) is 0 Å². The maximum Gasteiger partial charge on any atom is 0.317 e. The van der Waals surface area contributed by atoms with Gasteiger partial charge in [0, 0.05) is 30.5 Å². The van der Waals surface area contributed by atoms with Crippen molar-refractivity contribution in [3.05, 3.63) is 84.2 Å². The second-order valence-electron chi connectivity index (χ2n) is 11.4. The molecule has 5 nitrogen and oxygen atoms in total. The van der Waals surface area contributed by atoms with Crippen LogP contribution in [0.5, 0.6) is 0 Å². The van der Waals surface area contributed by atoms with E-state index in [4.69, 9.17) is 4.74 Å². The van der Waals surface area contributed by atoms with Gasteiger partial charge < -0.3 is 21.6 Å². The molecule has 1 saturated carbocycles. The number of nitrogens with zero attached hydrogens (tertiary/aromatic N) is 3. The van der Waals surface area contributed by atoms with Crippen LogP contribution in [-0.4, -0.2) is 46.0 Å². The fourth-order valence-corrected chi connectivity index (χ4v) is 7.08. The molecule has 2 bridgehead atoms. The number of aromatic nitrogens is 2. The third-order valence-corrected chi connectivity index (χ3v) is 9.15. The van der Waals surface area contributed by atoms with Crippen LogP contribution in [0, 0.1) is 5.92 Å². The Morgan fingerprint density at radius 2 is 1.59 bits per heavy atom. The number of rotatable bonds is 6. The Hall–Kier alpha value is -2.63. The molecule has 4 heterocycles. The molecule has 196 valence electrons. The summed E-state index contributed by atoms with van der Waals surface area (Å²) in [5.74, 6) is 0.531. The zero-order valence-corrected chi connectivity index (χ0v) is 22.4. The van der Waals surface area contributed by atoms with Crippen LogP contribution in [0.3, 0.4) is 0 Å². The molecular weight excluding hydrogens is 482 g/mol. The van der Waals surface area contributed by atoms with E-state index in [1.54, 1.807) is 0 Å². The van der Waals surface area contributed by atoms with Crippen LogP contribution in [0.4, 0.5) is 0 Å². The molecule has 1 aromatic heterocycles. The second-order valence-corrected chi connectivity index (χ2v) is 11.4. The van der Waals surface area contributed by atoms with Crippen LogP contribution in [-0.2, 0) is 21.5 Å². The lowest BCUT2D eigenvalue weighted by Gasteiger charge is -2.52. The Morgan fingerprint density at radius 3 is 2.27 bits per heavy atom. The van der Waals surface area contributed by atoms with E-state index in [9.17, 15) is 4.79 Å². The van der Waals surface area contributed by atoms with Gasteiger partial charge in [0.15, 0.2) is 6.10 Å². The van der Waals surface area contributed by atoms with E-state index in [1.807, 2.05) is 35.1 Å². The van der Waals surface area contributed by atoms with E-state index in [2.05, 4.69) is 47.7 Å². The molecule has 0 spiro atoms. The molecule has 0 unspecified atom stereocenters. The van der Waals surface area contributed by atoms with Crippen LogP contribution in [0.25, 0.3) is 5.69 Å². The number of esters is 1. The van der Waals surface area contributed by atoms with Crippen molar-refractivity contribution >= 4 is 5.97 Å². The maximum absolute atomic E-state index is 14.0. The molecule has 7 rings (SSSR count). The number of carbonyl (C=O) groups excluding carboxylic acids is 1. The summed E-state index contributed by atoms with van der Waals surface area (Å²) in [5, 5.41) is 4.63. The summed E-state index contributed by atoms with van der Waals surface area (Å²) >= 11 is 0. The number of ether oxygens (including phenoxy) is 1. The highest BCUT2D eigenvalue weighted by Gasteiger charge is 2.50. The van der Waals surface area contributed by atoms with Crippen LogP contribution < -0.4 is 12.4 Å². The van der Waals surface area contributed by atoms with Crippen LogP contribution in [0.1, 0.15) is 62.5 Å². The zero-order valence-electron chi connectivity index (χ0n) is 21.6. The molecule has 1 aliphatic carbocycles. The van der Waals surface area contributed by atoms with E-state index in [-0.39, 0.29) is 24.5 Å². The van der Waals surface area contributed by atoms with Gasteiger partial charge >= 0.3 is 5.97 Å². The molecular formula is C31H38ClN3O2. The first-order valence-corrected chi connectivity index (χ1v) is 13.9. The van der Waals surface area contributed by atoms with E-state index >= 15 is 0 Å². The second kappa shape index (κ2) is 11.0.